The van der Waals surface area contributed by atoms with Crippen LogP contribution in [0.2, 0.25) is 0 Å². The molecular weight excluding hydrogens is 306 g/mol. The van der Waals surface area contributed by atoms with Gasteiger partial charge in [-0.15, -0.1) is 0 Å². The molecule has 0 unspecified atom stereocenters. The molecule has 0 spiro atoms. The van der Waals surface area contributed by atoms with E-state index in [0.29, 0.717) is 6.04 Å². The normalized spacial score (nSPS) is 38.5. The van der Waals surface area contributed by atoms with Crippen LogP contribution >= 0.6 is 11.8 Å². The molecule has 3 nitrogen and oxygen atoms in total. The van der Waals surface area contributed by atoms with Crippen LogP contribution in [0.5, 0.6) is 0 Å². The Labute approximate surface area is 146 Å². The van der Waals surface area contributed by atoms with Crippen molar-refractivity contribution in [2.45, 2.75) is 62.7 Å². The first kappa shape index (κ1) is 18.0. The number of rotatable bonds is 2. The van der Waals surface area contributed by atoms with Gasteiger partial charge in [0, 0.05) is 36.9 Å². The zero-order valence-corrected chi connectivity index (χ0v) is 15.7. The highest BCUT2D eigenvalue weighted by molar-refractivity contribution is 7.99. The van der Waals surface area contributed by atoms with Gasteiger partial charge in [-0.25, -0.2) is 0 Å². The lowest BCUT2D eigenvalue weighted by Gasteiger charge is -2.43. The largest absolute Gasteiger partial charge is 0.381 e. The molecule has 2 heterocycles. The first-order valence-corrected chi connectivity index (χ1v) is 11.1. The van der Waals surface area contributed by atoms with Crippen LogP contribution in [0.3, 0.4) is 0 Å². The van der Waals surface area contributed by atoms with Crippen molar-refractivity contribution in [3.63, 3.8) is 0 Å². The van der Waals surface area contributed by atoms with Crippen LogP contribution in [-0.4, -0.2) is 62.0 Å². The lowest BCUT2D eigenvalue weighted by molar-refractivity contribution is -0.00438. The summed E-state index contributed by atoms with van der Waals surface area (Å²) in [5.74, 6) is 1.53. The molecule has 1 aliphatic carbocycles. The van der Waals surface area contributed by atoms with Crippen LogP contribution in [0, 0.1) is 11.8 Å². The summed E-state index contributed by atoms with van der Waals surface area (Å²) in [6, 6.07) is 0.695. The minimum absolute atomic E-state index is 0.695. The van der Waals surface area contributed by atoms with Gasteiger partial charge in [-0.1, -0.05) is 38.5 Å². The summed E-state index contributed by atoms with van der Waals surface area (Å²) < 4.78 is 11.6. The highest BCUT2D eigenvalue weighted by Crippen LogP contribution is 2.37. The van der Waals surface area contributed by atoms with Gasteiger partial charge in [0.05, 0.1) is 19.8 Å². The van der Waals surface area contributed by atoms with Gasteiger partial charge < -0.3 is 9.47 Å². The molecule has 1 saturated carbocycles. The van der Waals surface area contributed by atoms with E-state index < -0.39 is 0 Å². The average molecular weight is 342 g/mol. The molecule has 3 rings (SSSR count). The summed E-state index contributed by atoms with van der Waals surface area (Å²) in [5.41, 5.74) is 0. The van der Waals surface area contributed by atoms with Crippen molar-refractivity contribution in [1.29, 1.82) is 0 Å². The number of hydrogen-bond donors (Lipinski definition) is 0. The van der Waals surface area contributed by atoms with Gasteiger partial charge in [0.1, 0.15) is 0 Å². The number of ether oxygens (including phenoxy) is 2. The van der Waals surface area contributed by atoms with E-state index in [1.165, 1.54) is 51.4 Å². The van der Waals surface area contributed by atoms with Gasteiger partial charge >= 0.3 is 0 Å². The highest BCUT2D eigenvalue weighted by atomic mass is 32.2. The quantitative estimate of drug-likeness (QED) is 0.761. The summed E-state index contributed by atoms with van der Waals surface area (Å²) in [6.45, 7) is 6.05. The van der Waals surface area contributed by atoms with Gasteiger partial charge in [0.25, 0.3) is 0 Å². The Morgan fingerprint density at radius 2 is 1.52 bits per heavy atom. The first-order chi connectivity index (χ1) is 11.4. The standard InChI is InChI=1S/C19H35NO2S/c1-23-18-9-7-5-3-2-4-6-8-16-14-22-15-17(16)19(18)20-10-12-21-13-11-20/h16-19H,2-15H2,1H3/t16-,17-,18+,19-/m0/s1. The van der Waals surface area contributed by atoms with Gasteiger partial charge in [-0.3, -0.25) is 4.90 Å². The van der Waals surface area contributed by atoms with Crippen molar-refractivity contribution < 1.29 is 9.47 Å². The molecule has 0 aromatic rings. The zero-order chi connectivity index (χ0) is 15.9. The summed E-state index contributed by atoms with van der Waals surface area (Å²) in [4.78, 5) is 2.75. The van der Waals surface area contributed by atoms with E-state index in [0.717, 1.165) is 56.6 Å². The van der Waals surface area contributed by atoms with Gasteiger partial charge in [0.15, 0.2) is 0 Å². The molecule has 2 saturated heterocycles. The molecule has 0 aromatic heterocycles. The second-order valence-electron chi connectivity index (χ2n) is 7.57. The van der Waals surface area contributed by atoms with Gasteiger partial charge in [-0.2, -0.15) is 11.8 Å². The third-order valence-corrected chi connectivity index (χ3v) is 7.27. The van der Waals surface area contributed by atoms with Crippen LogP contribution in [0.15, 0.2) is 0 Å². The number of fused-ring (bicyclic) bond motifs is 1. The smallest absolute Gasteiger partial charge is 0.0594 e. The topological polar surface area (TPSA) is 21.7 Å². The molecule has 3 fully saturated rings. The van der Waals surface area contributed by atoms with E-state index in [9.17, 15) is 0 Å². The molecule has 4 atom stereocenters. The number of hydrogen-bond acceptors (Lipinski definition) is 4. The lowest BCUT2D eigenvalue weighted by Crippen LogP contribution is -2.53. The molecule has 2 aliphatic heterocycles. The highest BCUT2D eigenvalue weighted by Gasteiger charge is 2.41. The summed E-state index contributed by atoms with van der Waals surface area (Å²) in [5, 5.41) is 0.765. The summed E-state index contributed by atoms with van der Waals surface area (Å²) in [7, 11) is 0. The molecule has 0 radical (unpaired) electrons. The Balaban J connectivity index is 1.76. The fourth-order valence-corrected chi connectivity index (χ4v) is 5.89. The Morgan fingerprint density at radius 1 is 0.826 bits per heavy atom. The van der Waals surface area contributed by atoms with Crippen LogP contribution < -0.4 is 0 Å². The monoisotopic (exact) mass is 341 g/mol. The molecule has 134 valence electrons. The lowest BCUT2D eigenvalue weighted by atomic mass is 9.81. The predicted molar refractivity (Wildman–Crippen MR) is 98.2 cm³/mol. The zero-order valence-electron chi connectivity index (χ0n) is 14.9. The van der Waals surface area contributed by atoms with Crippen molar-refractivity contribution in [2.75, 3.05) is 45.8 Å². The van der Waals surface area contributed by atoms with Crippen molar-refractivity contribution in [3.05, 3.63) is 0 Å². The fraction of sp³-hybridized carbons (Fsp3) is 1.00. The number of nitrogens with zero attached hydrogens (tertiary/aromatic N) is 1. The van der Waals surface area contributed by atoms with E-state index in [4.69, 9.17) is 9.47 Å². The first-order valence-electron chi connectivity index (χ1n) is 9.82. The Kier molecular flexibility index (Phi) is 7.56. The predicted octanol–water partition coefficient (Wildman–Crippen LogP) is 3.82. The van der Waals surface area contributed by atoms with E-state index >= 15 is 0 Å². The van der Waals surface area contributed by atoms with E-state index in [2.05, 4.69) is 22.9 Å². The molecule has 0 aromatic carbocycles. The van der Waals surface area contributed by atoms with Crippen molar-refractivity contribution in [3.8, 4) is 0 Å². The second-order valence-corrected chi connectivity index (χ2v) is 8.65. The summed E-state index contributed by atoms with van der Waals surface area (Å²) >= 11 is 2.11. The van der Waals surface area contributed by atoms with E-state index in [1.807, 2.05) is 0 Å². The SMILES string of the molecule is CS[C@@H]1CCCCCCCC[C@H]2COC[C@@H]2[C@@H]1N1CCOCC1. The van der Waals surface area contributed by atoms with Gasteiger partial charge in [-0.05, 0) is 25.0 Å². The fourth-order valence-electron chi connectivity index (χ4n) is 4.83. The van der Waals surface area contributed by atoms with Crippen molar-refractivity contribution in [2.24, 2.45) is 11.8 Å². The molecule has 4 heteroatoms. The molecule has 0 bridgehead atoms. The average Bonchev–Trinajstić information content (AvgIpc) is 3.03. The third kappa shape index (κ3) is 4.87. The van der Waals surface area contributed by atoms with Crippen molar-refractivity contribution in [1.82, 2.24) is 4.90 Å². The minimum Gasteiger partial charge on any atom is -0.381 e. The Morgan fingerprint density at radius 3 is 2.26 bits per heavy atom. The maximum atomic E-state index is 5.99. The molecule has 23 heavy (non-hydrogen) atoms. The Bertz CT molecular complexity index is 335. The Hall–Kier alpha value is 0.230. The van der Waals surface area contributed by atoms with Crippen LogP contribution in [-0.2, 0) is 9.47 Å². The second kappa shape index (κ2) is 9.65. The number of thioether (sulfide) groups is 1. The van der Waals surface area contributed by atoms with Crippen LogP contribution in [0.4, 0.5) is 0 Å². The van der Waals surface area contributed by atoms with Crippen LogP contribution in [0.25, 0.3) is 0 Å². The molecule has 3 aliphatic rings. The maximum Gasteiger partial charge on any atom is 0.0594 e. The minimum atomic E-state index is 0.695. The van der Waals surface area contributed by atoms with Gasteiger partial charge in [0.2, 0.25) is 0 Å². The molecular formula is C19H35NO2S. The molecule has 0 amide bonds. The maximum absolute atomic E-state index is 5.99. The summed E-state index contributed by atoms with van der Waals surface area (Å²) in [6.07, 6.45) is 13.6. The molecule has 0 N–H and O–H groups in total. The third-order valence-electron chi connectivity index (χ3n) is 6.15. The van der Waals surface area contributed by atoms with Crippen LogP contribution in [0.1, 0.15) is 51.4 Å². The van der Waals surface area contributed by atoms with E-state index in [1.54, 1.807) is 0 Å². The number of morpholine rings is 1. The van der Waals surface area contributed by atoms with Crippen molar-refractivity contribution >= 4 is 11.8 Å². The van der Waals surface area contributed by atoms with E-state index in [-0.39, 0.29) is 0 Å².